The molecule has 0 spiro atoms. The van der Waals surface area contributed by atoms with E-state index in [0.29, 0.717) is 30.9 Å². The first-order valence-electron chi connectivity index (χ1n) is 9.94. The number of amides is 1. The van der Waals surface area contributed by atoms with Gasteiger partial charge in [0.2, 0.25) is 6.41 Å². The van der Waals surface area contributed by atoms with Crippen molar-refractivity contribution in [2.24, 2.45) is 0 Å². The van der Waals surface area contributed by atoms with Crippen LogP contribution in [0.3, 0.4) is 0 Å². The van der Waals surface area contributed by atoms with Crippen molar-refractivity contribution in [2.75, 3.05) is 13.2 Å². The second-order valence-electron chi connectivity index (χ2n) is 6.64. The Hall–Kier alpha value is -2.82. The van der Waals surface area contributed by atoms with Crippen molar-refractivity contribution in [3.8, 4) is 11.5 Å². The summed E-state index contributed by atoms with van der Waals surface area (Å²) in [5, 5.41) is 2.62. The lowest BCUT2D eigenvalue weighted by Crippen LogP contribution is -2.14. The predicted molar refractivity (Wildman–Crippen MR) is 110 cm³/mol. The number of esters is 1. The van der Waals surface area contributed by atoms with Crippen molar-refractivity contribution in [3.05, 3.63) is 59.7 Å². The third-order valence-electron chi connectivity index (χ3n) is 4.38. The van der Waals surface area contributed by atoms with Gasteiger partial charge in [0, 0.05) is 6.54 Å². The molecule has 2 aromatic carbocycles. The van der Waals surface area contributed by atoms with E-state index >= 15 is 0 Å². The van der Waals surface area contributed by atoms with Gasteiger partial charge in [-0.05, 0) is 54.8 Å². The lowest BCUT2D eigenvalue weighted by Gasteiger charge is -2.08. The van der Waals surface area contributed by atoms with Gasteiger partial charge in [0.15, 0.2) is 0 Å². The molecule has 0 aromatic heterocycles. The highest BCUT2D eigenvalue weighted by Gasteiger charge is 2.09. The van der Waals surface area contributed by atoms with Crippen LogP contribution in [-0.4, -0.2) is 25.5 Å². The molecule has 0 aliphatic carbocycles. The van der Waals surface area contributed by atoms with Crippen LogP contribution in [0.25, 0.3) is 0 Å². The monoisotopic (exact) mass is 383 g/mol. The predicted octanol–water partition coefficient (Wildman–Crippen LogP) is 4.54. The van der Waals surface area contributed by atoms with Crippen LogP contribution >= 0.6 is 0 Å². The summed E-state index contributed by atoms with van der Waals surface area (Å²) in [6, 6.07) is 14.3. The van der Waals surface area contributed by atoms with E-state index in [1.165, 1.54) is 25.7 Å². The molecule has 1 N–H and O–H groups in total. The highest BCUT2D eigenvalue weighted by Crippen LogP contribution is 2.17. The second-order valence-corrected chi connectivity index (χ2v) is 6.64. The van der Waals surface area contributed by atoms with Crippen LogP contribution < -0.4 is 14.8 Å². The molecule has 1 amide bonds. The van der Waals surface area contributed by atoms with E-state index in [4.69, 9.17) is 9.47 Å². The molecular weight excluding hydrogens is 354 g/mol. The molecule has 28 heavy (non-hydrogen) atoms. The Labute approximate surface area is 167 Å². The number of carbonyl (C=O) groups excluding carboxylic acids is 2. The topological polar surface area (TPSA) is 64.6 Å². The molecular formula is C23H29NO4. The van der Waals surface area contributed by atoms with Crippen LogP contribution in [0.1, 0.15) is 54.9 Å². The molecule has 0 saturated carbocycles. The van der Waals surface area contributed by atoms with E-state index in [1.807, 2.05) is 12.1 Å². The second kappa shape index (κ2) is 12.5. The summed E-state index contributed by atoms with van der Waals surface area (Å²) in [5.74, 6) is 0.853. The number of nitrogens with one attached hydrogen (secondary N) is 1. The average Bonchev–Trinajstić information content (AvgIpc) is 2.72. The van der Waals surface area contributed by atoms with Crippen LogP contribution in [-0.2, 0) is 11.2 Å². The summed E-state index contributed by atoms with van der Waals surface area (Å²) >= 11 is 0. The number of benzene rings is 2. The summed E-state index contributed by atoms with van der Waals surface area (Å²) in [6.07, 6.45) is 7.41. The lowest BCUT2D eigenvalue weighted by atomic mass is 10.1. The van der Waals surface area contributed by atoms with E-state index in [9.17, 15) is 9.59 Å². The van der Waals surface area contributed by atoms with Crippen LogP contribution in [0, 0.1) is 0 Å². The van der Waals surface area contributed by atoms with E-state index in [-0.39, 0.29) is 0 Å². The lowest BCUT2D eigenvalue weighted by molar-refractivity contribution is -0.109. The fourth-order valence-electron chi connectivity index (χ4n) is 2.75. The van der Waals surface area contributed by atoms with Crippen LogP contribution in [0.2, 0.25) is 0 Å². The zero-order valence-corrected chi connectivity index (χ0v) is 16.5. The molecule has 0 unspecified atom stereocenters. The fraction of sp³-hybridized carbons (Fsp3) is 0.391. The molecule has 5 nitrogen and oxygen atoms in total. The molecule has 2 rings (SSSR count). The number of unbranched alkanes of at least 4 members (excludes halogenated alkanes) is 4. The van der Waals surface area contributed by atoms with Gasteiger partial charge in [-0.15, -0.1) is 0 Å². The number of hydrogen-bond acceptors (Lipinski definition) is 4. The Morgan fingerprint density at radius 3 is 2.29 bits per heavy atom. The Kier molecular flexibility index (Phi) is 9.62. The molecule has 0 radical (unpaired) electrons. The number of ether oxygens (including phenoxy) is 2. The number of hydrogen-bond donors (Lipinski definition) is 1. The quantitative estimate of drug-likeness (QED) is 0.239. The van der Waals surface area contributed by atoms with Crippen LogP contribution in [0.4, 0.5) is 0 Å². The van der Waals surface area contributed by atoms with Gasteiger partial charge in [0.05, 0.1) is 12.2 Å². The van der Waals surface area contributed by atoms with Gasteiger partial charge in [0.25, 0.3) is 0 Å². The van der Waals surface area contributed by atoms with Crippen molar-refractivity contribution in [3.63, 3.8) is 0 Å². The van der Waals surface area contributed by atoms with E-state index < -0.39 is 5.97 Å². The van der Waals surface area contributed by atoms with Crippen molar-refractivity contribution < 1.29 is 19.1 Å². The molecule has 2 aromatic rings. The smallest absolute Gasteiger partial charge is 0.343 e. The first-order chi connectivity index (χ1) is 13.7. The molecule has 0 heterocycles. The number of carbonyl (C=O) groups is 2. The third-order valence-corrected chi connectivity index (χ3v) is 4.38. The van der Waals surface area contributed by atoms with Crippen molar-refractivity contribution in [1.82, 2.24) is 5.32 Å². The van der Waals surface area contributed by atoms with Gasteiger partial charge < -0.3 is 14.8 Å². The Morgan fingerprint density at radius 2 is 1.61 bits per heavy atom. The maximum Gasteiger partial charge on any atom is 0.343 e. The van der Waals surface area contributed by atoms with Crippen LogP contribution in [0.5, 0.6) is 11.5 Å². The summed E-state index contributed by atoms with van der Waals surface area (Å²) < 4.78 is 11.1. The molecule has 150 valence electrons. The maximum atomic E-state index is 12.3. The molecule has 0 atom stereocenters. The minimum atomic E-state index is -0.401. The molecule has 0 saturated heterocycles. The normalized spacial score (nSPS) is 10.3. The molecule has 0 fully saturated rings. The SMILES string of the molecule is CCCCCCCOc1ccc(C(=O)Oc2ccc(CCNC=O)cc2)cc1. The summed E-state index contributed by atoms with van der Waals surface area (Å²) in [5.41, 5.74) is 1.54. The van der Waals surface area contributed by atoms with E-state index in [0.717, 1.165) is 24.2 Å². The van der Waals surface area contributed by atoms with E-state index in [2.05, 4.69) is 12.2 Å². The van der Waals surface area contributed by atoms with Gasteiger partial charge in [-0.1, -0.05) is 44.7 Å². The van der Waals surface area contributed by atoms with Crippen LogP contribution in [0.15, 0.2) is 48.5 Å². The van der Waals surface area contributed by atoms with Crippen molar-refractivity contribution in [1.29, 1.82) is 0 Å². The van der Waals surface area contributed by atoms with Gasteiger partial charge in [-0.2, -0.15) is 0 Å². The highest BCUT2D eigenvalue weighted by molar-refractivity contribution is 5.91. The largest absolute Gasteiger partial charge is 0.494 e. The molecule has 0 aliphatic heterocycles. The van der Waals surface area contributed by atoms with Gasteiger partial charge >= 0.3 is 5.97 Å². The minimum absolute atomic E-state index is 0.401. The van der Waals surface area contributed by atoms with Crippen molar-refractivity contribution >= 4 is 12.4 Å². The highest BCUT2D eigenvalue weighted by atomic mass is 16.5. The standard InChI is InChI=1S/C23H29NO4/c1-2-3-4-5-6-17-27-21-13-9-20(10-14-21)23(26)28-22-11-7-19(8-12-22)15-16-24-18-25/h7-14,18H,2-6,15-17H2,1H3,(H,24,25). The molecule has 0 bridgehead atoms. The summed E-state index contributed by atoms with van der Waals surface area (Å²) in [6.45, 7) is 3.48. The first kappa shape index (κ1) is 21.5. The van der Waals surface area contributed by atoms with Gasteiger partial charge in [-0.3, -0.25) is 4.79 Å². The molecule has 0 aliphatic rings. The summed E-state index contributed by atoms with van der Waals surface area (Å²) in [4.78, 5) is 22.5. The van der Waals surface area contributed by atoms with Gasteiger partial charge in [-0.25, -0.2) is 4.79 Å². The number of rotatable bonds is 13. The average molecular weight is 383 g/mol. The van der Waals surface area contributed by atoms with Crippen molar-refractivity contribution in [2.45, 2.75) is 45.4 Å². The Balaban J connectivity index is 1.76. The van der Waals surface area contributed by atoms with E-state index in [1.54, 1.807) is 36.4 Å². The summed E-state index contributed by atoms with van der Waals surface area (Å²) in [7, 11) is 0. The maximum absolute atomic E-state index is 12.3. The Bertz CT molecular complexity index is 710. The third kappa shape index (κ3) is 7.82. The van der Waals surface area contributed by atoms with Gasteiger partial charge in [0.1, 0.15) is 11.5 Å². The zero-order chi connectivity index (χ0) is 20.0. The minimum Gasteiger partial charge on any atom is -0.494 e. The molecule has 5 heteroatoms. The Morgan fingerprint density at radius 1 is 0.929 bits per heavy atom. The fourth-order valence-corrected chi connectivity index (χ4v) is 2.75. The first-order valence-corrected chi connectivity index (χ1v) is 9.94. The zero-order valence-electron chi connectivity index (χ0n) is 16.5.